The number of H-pyrrole nitrogens is 1. The Hall–Kier alpha value is -2.94. The molecule has 1 aliphatic heterocycles. The molecule has 0 radical (unpaired) electrons. The minimum absolute atomic E-state index is 0.0422. The van der Waals surface area contributed by atoms with Crippen molar-refractivity contribution in [2.24, 2.45) is 5.92 Å². The van der Waals surface area contributed by atoms with Gasteiger partial charge in [-0.25, -0.2) is 4.68 Å². The molecule has 1 atom stereocenters. The number of pyridine rings is 1. The zero-order valence-corrected chi connectivity index (χ0v) is 20.6. The van der Waals surface area contributed by atoms with Crippen LogP contribution in [0.1, 0.15) is 88.7 Å². The average molecular weight is 479 g/mol. The number of nitrogens with one attached hydrogen (secondary N) is 1. The highest BCUT2D eigenvalue weighted by Crippen LogP contribution is 2.39. The Labute approximate surface area is 204 Å². The molecule has 3 heterocycles. The molecular formula is C26H34N6O3. The lowest BCUT2D eigenvalue weighted by molar-refractivity contribution is 0.0826. The van der Waals surface area contributed by atoms with Gasteiger partial charge in [-0.15, -0.1) is 5.10 Å². The van der Waals surface area contributed by atoms with Crippen LogP contribution in [0.3, 0.4) is 0 Å². The van der Waals surface area contributed by atoms with Crippen LogP contribution in [-0.2, 0) is 6.54 Å². The zero-order valence-electron chi connectivity index (χ0n) is 20.6. The zero-order chi connectivity index (χ0) is 23.9. The number of aromatic amines is 1. The molecule has 1 N–H and O–H groups in total. The van der Waals surface area contributed by atoms with Crippen LogP contribution in [0.4, 0.5) is 0 Å². The van der Waals surface area contributed by atoms with Crippen molar-refractivity contribution < 1.29 is 9.47 Å². The topological polar surface area (TPSA) is 98.2 Å². The molecular weight excluding hydrogens is 444 g/mol. The summed E-state index contributed by atoms with van der Waals surface area (Å²) in [5.74, 6) is 2.64. The van der Waals surface area contributed by atoms with Gasteiger partial charge in [-0.3, -0.25) is 9.69 Å². The maximum absolute atomic E-state index is 13.2. The van der Waals surface area contributed by atoms with Crippen molar-refractivity contribution in [2.75, 3.05) is 6.79 Å². The molecule has 2 saturated carbocycles. The Bertz CT molecular complexity index is 1260. The van der Waals surface area contributed by atoms with Gasteiger partial charge in [-0.2, -0.15) is 0 Å². The number of hydrogen-bond acceptors (Lipinski definition) is 7. The van der Waals surface area contributed by atoms with Crippen molar-refractivity contribution in [3.05, 3.63) is 39.9 Å². The Morgan fingerprint density at radius 1 is 1.06 bits per heavy atom. The summed E-state index contributed by atoms with van der Waals surface area (Å²) in [4.78, 5) is 18.8. The fourth-order valence-corrected chi connectivity index (χ4v) is 6.28. The van der Waals surface area contributed by atoms with Crippen molar-refractivity contribution in [3.63, 3.8) is 0 Å². The highest BCUT2D eigenvalue weighted by atomic mass is 16.7. The highest BCUT2D eigenvalue weighted by molar-refractivity contribution is 5.83. The van der Waals surface area contributed by atoms with Gasteiger partial charge in [0, 0.05) is 29.6 Å². The van der Waals surface area contributed by atoms with Crippen molar-refractivity contribution in [1.82, 2.24) is 30.1 Å². The van der Waals surface area contributed by atoms with Gasteiger partial charge in [0.2, 0.25) is 6.79 Å². The minimum Gasteiger partial charge on any atom is -0.454 e. The molecule has 6 rings (SSSR count). The molecule has 1 aromatic carbocycles. The van der Waals surface area contributed by atoms with Crippen LogP contribution in [0.5, 0.6) is 11.5 Å². The number of fused-ring (bicyclic) bond motifs is 2. The third-order valence-corrected chi connectivity index (χ3v) is 8.00. The van der Waals surface area contributed by atoms with Gasteiger partial charge in [0.25, 0.3) is 5.56 Å². The van der Waals surface area contributed by atoms with Gasteiger partial charge in [0.05, 0.1) is 17.6 Å². The first-order valence-electron chi connectivity index (χ1n) is 13.1. The molecule has 9 heteroatoms. The highest BCUT2D eigenvalue weighted by Gasteiger charge is 2.37. The normalized spacial score (nSPS) is 19.5. The van der Waals surface area contributed by atoms with Crippen LogP contribution >= 0.6 is 0 Å². The fraction of sp³-hybridized carbons (Fsp3) is 0.615. The molecule has 9 nitrogen and oxygen atoms in total. The fourth-order valence-electron chi connectivity index (χ4n) is 6.28. The van der Waals surface area contributed by atoms with Crippen molar-refractivity contribution in [2.45, 2.75) is 89.9 Å². The Kier molecular flexibility index (Phi) is 5.96. The number of tetrazole rings is 1. The third-order valence-electron chi connectivity index (χ3n) is 8.00. The molecule has 0 bridgehead atoms. The molecule has 2 aliphatic carbocycles. The Morgan fingerprint density at radius 3 is 2.51 bits per heavy atom. The standard InChI is InChI=1S/C26H34N6O3/c1-16(2)24(25-28-29-30-32(25)20-9-5-6-10-20)31(19-7-3-4-8-19)14-18-11-17-12-22-23(35-15-34-22)13-21(17)27-26(18)33/h11-13,16,19-20,24H,3-10,14-15H2,1-2H3,(H,27,33)/t24-/m0/s1. The van der Waals surface area contributed by atoms with E-state index in [0.29, 0.717) is 30.3 Å². The second-order valence-electron chi connectivity index (χ2n) is 10.6. The van der Waals surface area contributed by atoms with Gasteiger partial charge in [0.1, 0.15) is 0 Å². The predicted molar refractivity (Wildman–Crippen MR) is 131 cm³/mol. The van der Waals surface area contributed by atoms with Crippen LogP contribution in [0.25, 0.3) is 10.9 Å². The lowest BCUT2D eigenvalue weighted by Gasteiger charge is -2.38. The van der Waals surface area contributed by atoms with Crippen molar-refractivity contribution in [1.29, 1.82) is 0 Å². The molecule has 0 amide bonds. The summed E-state index contributed by atoms with van der Waals surface area (Å²) in [7, 11) is 0. The van der Waals surface area contributed by atoms with Crippen LogP contribution < -0.4 is 15.0 Å². The number of rotatable bonds is 7. The van der Waals surface area contributed by atoms with Crippen LogP contribution in [-0.4, -0.2) is 42.9 Å². The molecule has 3 aromatic rings. The van der Waals surface area contributed by atoms with Gasteiger partial charge >= 0.3 is 0 Å². The van der Waals surface area contributed by atoms with Gasteiger partial charge in [-0.1, -0.05) is 39.5 Å². The van der Waals surface area contributed by atoms with E-state index in [-0.39, 0.29) is 18.4 Å². The molecule has 0 unspecified atom stereocenters. The maximum Gasteiger partial charge on any atom is 0.252 e. The number of hydrogen-bond donors (Lipinski definition) is 1. The molecule has 186 valence electrons. The van der Waals surface area contributed by atoms with Gasteiger partial charge < -0.3 is 14.5 Å². The van der Waals surface area contributed by atoms with E-state index in [1.807, 2.05) is 18.2 Å². The summed E-state index contributed by atoms with van der Waals surface area (Å²) in [6.45, 7) is 5.26. The molecule has 35 heavy (non-hydrogen) atoms. The summed E-state index contributed by atoms with van der Waals surface area (Å²) in [5.41, 5.74) is 1.46. The van der Waals surface area contributed by atoms with Crippen LogP contribution in [0.2, 0.25) is 0 Å². The van der Waals surface area contributed by atoms with Gasteiger partial charge in [0.15, 0.2) is 17.3 Å². The number of ether oxygens (including phenoxy) is 2. The molecule has 2 aromatic heterocycles. The quantitative estimate of drug-likeness (QED) is 0.534. The van der Waals surface area contributed by atoms with E-state index in [9.17, 15) is 4.79 Å². The summed E-state index contributed by atoms with van der Waals surface area (Å²) in [6.07, 6.45) is 9.44. The third kappa shape index (κ3) is 4.20. The van der Waals surface area contributed by atoms with Crippen molar-refractivity contribution >= 4 is 10.9 Å². The molecule has 3 aliphatic rings. The van der Waals surface area contributed by atoms with Gasteiger partial charge in [-0.05, 0) is 54.2 Å². The first kappa shape index (κ1) is 22.5. The summed E-state index contributed by atoms with van der Waals surface area (Å²) < 4.78 is 13.1. The summed E-state index contributed by atoms with van der Waals surface area (Å²) >= 11 is 0. The second-order valence-corrected chi connectivity index (χ2v) is 10.6. The molecule has 0 saturated heterocycles. The number of nitrogens with zero attached hydrogens (tertiary/aromatic N) is 5. The average Bonchev–Trinajstić information content (AvgIpc) is 3.64. The first-order chi connectivity index (χ1) is 17.1. The number of benzene rings is 1. The number of aromatic nitrogens is 5. The molecule has 0 spiro atoms. The Morgan fingerprint density at radius 2 is 1.77 bits per heavy atom. The lowest BCUT2D eigenvalue weighted by Crippen LogP contribution is -2.41. The Balaban J connectivity index is 1.39. The second kappa shape index (κ2) is 9.26. The first-order valence-corrected chi connectivity index (χ1v) is 13.1. The molecule has 2 fully saturated rings. The van der Waals surface area contributed by atoms with E-state index in [0.717, 1.165) is 53.7 Å². The van der Waals surface area contributed by atoms with E-state index >= 15 is 0 Å². The largest absolute Gasteiger partial charge is 0.454 e. The van der Waals surface area contributed by atoms with Crippen LogP contribution in [0, 0.1) is 5.92 Å². The van der Waals surface area contributed by atoms with E-state index < -0.39 is 0 Å². The SMILES string of the molecule is CC(C)[C@@H](c1nnnn1C1CCCC1)N(Cc1cc2cc3c(cc2[nH]c1=O)OCO3)C1CCCC1. The van der Waals surface area contributed by atoms with E-state index in [2.05, 4.69) is 43.9 Å². The monoisotopic (exact) mass is 478 g/mol. The lowest BCUT2D eigenvalue weighted by atomic mass is 9.97. The van der Waals surface area contributed by atoms with Crippen molar-refractivity contribution in [3.8, 4) is 11.5 Å². The van der Waals surface area contributed by atoms with E-state index in [1.54, 1.807) is 0 Å². The smallest absolute Gasteiger partial charge is 0.252 e. The van der Waals surface area contributed by atoms with Crippen LogP contribution in [0.15, 0.2) is 23.0 Å². The summed E-state index contributed by atoms with van der Waals surface area (Å²) in [6, 6.07) is 6.64. The maximum atomic E-state index is 13.2. The summed E-state index contributed by atoms with van der Waals surface area (Å²) in [5, 5.41) is 14.1. The minimum atomic E-state index is -0.0581. The van der Waals surface area contributed by atoms with E-state index in [4.69, 9.17) is 9.47 Å². The van der Waals surface area contributed by atoms with E-state index in [1.165, 1.54) is 25.7 Å². The predicted octanol–water partition coefficient (Wildman–Crippen LogP) is 4.50.